The Hall–Kier alpha value is -2.63. The van der Waals surface area contributed by atoms with Crippen molar-refractivity contribution in [1.29, 1.82) is 0 Å². The molecule has 1 atom stereocenters. The molecule has 2 aromatic rings. The van der Waals surface area contributed by atoms with Crippen molar-refractivity contribution >= 4 is 17.5 Å². The first-order chi connectivity index (χ1) is 11.1. The number of carbonyl (C=O) groups excluding carboxylic acids is 1. The molecule has 0 saturated carbocycles. The molecule has 6 nitrogen and oxygen atoms in total. The molecule has 3 rings (SSSR count). The number of amides is 2. The zero-order valence-electron chi connectivity index (χ0n) is 13.4. The molecular weight excluding hydrogens is 290 g/mol. The number of likely N-dealkylation sites (tertiary alicyclic amines) is 1. The maximum atomic E-state index is 12.6. The molecule has 0 bridgehead atoms. The molecule has 0 aliphatic carbocycles. The predicted octanol–water partition coefficient (Wildman–Crippen LogP) is 2.91. The number of anilines is 2. The molecule has 23 heavy (non-hydrogen) atoms. The van der Waals surface area contributed by atoms with Crippen LogP contribution in [0.4, 0.5) is 16.3 Å². The highest BCUT2D eigenvalue weighted by atomic mass is 16.2. The van der Waals surface area contributed by atoms with Crippen LogP contribution in [0.5, 0.6) is 0 Å². The summed E-state index contributed by atoms with van der Waals surface area (Å²) >= 11 is 0. The zero-order chi connectivity index (χ0) is 16.2. The molecular formula is C17H21N5O. The van der Waals surface area contributed by atoms with Crippen LogP contribution in [-0.2, 0) is 0 Å². The third-order valence-corrected chi connectivity index (χ3v) is 4.06. The van der Waals surface area contributed by atoms with Gasteiger partial charge in [0.2, 0.25) is 0 Å². The molecule has 0 aromatic carbocycles. The zero-order valence-corrected chi connectivity index (χ0v) is 13.4. The lowest BCUT2D eigenvalue weighted by atomic mass is 10.1. The maximum Gasteiger partial charge on any atom is 0.322 e. The van der Waals surface area contributed by atoms with Crippen LogP contribution in [0.2, 0.25) is 0 Å². The molecule has 3 heterocycles. The van der Waals surface area contributed by atoms with Crippen LogP contribution in [0, 0.1) is 0 Å². The van der Waals surface area contributed by atoms with Gasteiger partial charge in [0, 0.05) is 33.0 Å². The van der Waals surface area contributed by atoms with Crippen LogP contribution in [0.25, 0.3) is 0 Å². The van der Waals surface area contributed by atoms with Crippen molar-refractivity contribution in [3.05, 3.63) is 48.4 Å². The fourth-order valence-corrected chi connectivity index (χ4v) is 2.86. The lowest BCUT2D eigenvalue weighted by molar-refractivity contribution is 0.207. The molecule has 0 radical (unpaired) electrons. The Morgan fingerprint density at radius 3 is 2.70 bits per heavy atom. The van der Waals surface area contributed by atoms with E-state index in [1.165, 1.54) is 0 Å². The molecule has 1 saturated heterocycles. The van der Waals surface area contributed by atoms with Gasteiger partial charge in [0.15, 0.2) is 0 Å². The molecule has 2 amide bonds. The Morgan fingerprint density at radius 1 is 1.26 bits per heavy atom. The van der Waals surface area contributed by atoms with Crippen LogP contribution in [0.3, 0.4) is 0 Å². The number of nitrogens with one attached hydrogen (secondary N) is 1. The molecule has 0 spiro atoms. The Labute approximate surface area is 136 Å². The van der Waals surface area contributed by atoms with Crippen molar-refractivity contribution < 1.29 is 4.79 Å². The van der Waals surface area contributed by atoms with Gasteiger partial charge >= 0.3 is 6.03 Å². The van der Waals surface area contributed by atoms with E-state index in [0.29, 0.717) is 5.69 Å². The summed E-state index contributed by atoms with van der Waals surface area (Å²) in [5, 5.41) is 2.94. The molecule has 0 unspecified atom stereocenters. The van der Waals surface area contributed by atoms with Crippen molar-refractivity contribution in [3.8, 4) is 0 Å². The van der Waals surface area contributed by atoms with E-state index >= 15 is 0 Å². The first-order valence-electron chi connectivity index (χ1n) is 7.76. The lowest BCUT2D eigenvalue weighted by Crippen LogP contribution is -2.34. The predicted molar refractivity (Wildman–Crippen MR) is 90.5 cm³/mol. The quantitative estimate of drug-likeness (QED) is 0.947. The van der Waals surface area contributed by atoms with Crippen LogP contribution in [0.1, 0.15) is 24.4 Å². The third-order valence-electron chi connectivity index (χ3n) is 4.06. The summed E-state index contributed by atoms with van der Waals surface area (Å²) in [4.78, 5) is 24.7. The normalized spacial score (nSPS) is 17.1. The van der Waals surface area contributed by atoms with Crippen molar-refractivity contribution in [2.45, 2.75) is 18.9 Å². The molecule has 120 valence electrons. The average molecular weight is 311 g/mol. The topological polar surface area (TPSA) is 61.4 Å². The Balaban J connectivity index is 1.70. The minimum absolute atomic E-state index is 0.0799. The van der Waals surface area contributed by atoms with Gasteiger partial charge in [0.1, 0.15) is 5.82 Å². The highest BCUT2D eigenvalue weighted by Gasteiger charge is 2.29. The first-order valence-corrected chi connectivity index (χ1v) is 7.76. The van der Waals surface area contributed by atoms with Crippen LogP contribution >= 0.6 is 0 Å². The number of rotatable bonds is 3. The van der Waals surface area contributed by atoms with Gasteiger partial charge in [0.25, 0.3) is 0 Å². The largest absolute Gasteiger partial charge is 0.363 e. The van der Waals surface area contributed by atoms with Crippen molar-refractivity contribution in [2.75, 3.05) is 30.9 Å². The van der Waals surface area contributed by atoms with Gasteiger partial charge in [-0.25, -0.2) is 9.78 Å². The van der Waals surface area contributed by atoms with Gasteiger partial charge in [0.05, 0.1) is 17.9 Å². The SMILES string of the molecule is CN(C)c1ccc(NC(=O)N2CCC[C@H]2c2ccncc2)cn1. The van der Waals surface area contributed by atoms with E-state index in [9.17, 15) is 4.79 Å². The summed E-state index contributed by atoms with van der Waals surface area (Å²) in [6, 6.07) is 7.75. The maximum absolute atomic E-state index is 12.6. The van der Waals surface area contributed by atoms with E-state index in [2.05, 4.69) is 15.3 Å². The molecule has 1 aliphatic rings. The van der Waals surface area contributed by atoms with Gasteiger partial charge in [-0.05, 0) is 42.7 Å². The van der Waals surface area contributed by atoms with Crippen LogP contribution in [-0.4, -0.2) is 41.5 Å². The standard InChI is InChI=1S/C17H21N5O/c1-21(2)16-6-5-14(12-19-16)20-17(23)22-11-3-4-15(22)13-7-9-18-10-8-13/h5-10,12,15H,3-4,11H2,1-2H3,(H,20,23)/t15-/m0/s1. The minimum Gasteiger partial charge on any atom is -0.363 e. The number of carbonyl (C=O) groups is 1. The van der Waals surface area contributed by atoms with Gasteiger partial charge in [-0.1, -0.05) is 0 Å². The molecule has 1 fully saturated rings. The summed E-state index contributed by atoms with van der Waals surface area (Å²) in [5.74, 6) is 0.860. The lowest BCUT2D eigenvalue weighted by Gasteiger charge is -2.25. The van der Waals surface area contributed by atoms with E-state index in [0.717, 1.165) is 30.8 Å². The second kappa shape index (κ2) is 6.64. The number of pyridine rings is 2. The van der Waals surface area contributed by atoms with Gasteiger partial charge in [-0.3, -0.25) is 4.98 Å². The number of hydrogen-bond donors (Lipinski definition) is 1. The fraction of sp³-hybridized carbons (Fsp3) is 0.353. The molecule has 6 heteroatoms. The molecule has 2 aromatic heterocycles. The summed E-state index contributed by atoms with van der Waals surface area (Å²) < 4.78 is 0. The monoisotopic (exact) mass is 311 g/mol. The van der Waals surface area contributed by atoms with Crippen molar-refractivity contribution in [2.24, 2.45) is 0 Å². The Bertz CT molecular complexity index is 656. The molecule has 1 N–H and O–H groups in total. The average Bonchev–Trinajstić information content (AvgIpc) is 3.06. The fourth-order valence-electron chi connectivity index (χ4n) is 2.86. The van der Waals surface area contributed by atoms with Crippen molar-refractivity contribution in [1.82, 2.24) is 14.9 Å². The minimum atomic E-state index is -0.0799. The van der Waals surface area contributed by atoms with Crippen LogP contribution in [0.15, 0.2) is 42.9 Å². The van der Waals surface area contributed by atoms with Crippen molar-refractivity contribution in [3.63, 3.8) is 0 Å². The highest BCUT2D eigenvalue weighted by molar-refractivity contribution is 5.89. The van der Waals surface area contributed by atoms with E-state index in [4.69, 9.17) is 0 Å². The Morgan fingerprint density at radius 2 is 2.04 bits per heavy atom. The summed E-state index contributed by atoms with van der Waals surface area (Å²) in [6.07, 6.45) is 7.22. The van der Waals surface area contributed by atoms with Crippen LogP contribution < -0.4 is 10.2 Å². The number of nitrogens with zero attached hydrogens (tertiary/aromatic N) is 4. The second-order valence-corrected chi connectivity index (χ2v) is 5.86. The third kappa shape index (κ3) is 3.41. The number of hydrogen-bond acceptors (Lipinski definition) is 4. The molecule has 1 aliphatic heterocycles. The second-order valence-electron chi connectivity index (χ2n) is 5.86. The van der Waals surface area contributed by atoms with E-state index in [1.807, 2.05) is 48.2 Å². The number of urea groups is 1. The van der Waals surface area contributed by atoms with Gasteiger partial charge in [-0.2, -0.15) is 0 Å². The van der Waals surface area contributed by atoms with Gasteiger partial charge in [-0.15, -0.1) is 0 Å². The van der Waals surface area contributed by atoms with Gasteiger partial charge < -0.3 is 15.1 Å². The highest BCUT2D eigenvalue weighted by Crippen LogP contribution is 2.32. The summed E-state index contributed by atoms with van der Waals surface area (Å²) in [7, 11) is 3.87. The van der Waals surface area contributed by atoms with E-state index in [-0.39, 0.29) is 12.1 Å². The number of aromatic nitrogens is 2. The Kier molecular flexibility index (Phi) is 4.41. The smallest absolute Gasteiger partial charge is 0.322 e. The van der Waals surface area contributed by atoms with E-state index < -0.39 is 0 Å². The van der Waals surface area contributed by atoms with E-state index in [1.54, 1.807) is 18.6 Å². The first kappa shape index (κ1) is 15.3. The summed E-state index contributed by atoms with van der Waals surface area (Å²) in [6.45, 7) is 0.766. The summed E-state index contributed by atoms with van der Waals surface area (Å²) in [5.41, 5.74) is 1.84.